The molecule has 7 nitrogen and oxygen atoms in total. The molecule has 0 aromatic heterocycles. The van der Waals surface area contributed by atoms with Gasteiger partial charge in [-0.1, -0.05) is 0 Å². The molecule has 0 atom stereocenters. The van der Waals surface area contributed by atoms with E-state index in [1.54, 1.807) is 25.7 Å². The van der Waals surface area contributed by atoms with Crippen molar-refractivity contribution in [3.05, 3.63) is 33.9 Å². The molecule has 120 valence electrons. The van der Waals surface area contributed by atoms with Crippen LogP contribution in [0.15, 0.2) is 18.2 Å². The van der Waals surface area contributed by atoms with Gasteiger partial charge in [0.15, 0.2) is 0 Å². The van der Waals surface area contributed by atoms with Crippen molar-refractivity contribution in [3.8, 4) is 0 Å². The van der Waals surface area contributed by atoms with Crippen molar-refractivity contribution in [1.82, 2.24) is 4.90 Å². The highest BCUT2D eigenvalue weighted by atomic mass is 16.6. The predicted molar refractivity (Wildman–Crippen MR) is 82.9 cm³/mol. The number of rotatable bonds is 5. The number of benzene rings is 1. The number of anilines is 1. The molecule has 1 fully saturated rings. The molecule has 1 aromatic rings. The molecule has 22 heavy (non-hydrogen) atoms. The molecule has 0 heterocycles. The first-order chi connectivity index (χ1) is 10.2. The average molecular weight is 307 g/mol. The van der Waals surface area contributed by atoms with Gasteiger partial charge < -0.3 is 15.3 Å². The van der Waals surface area contributed by atoms with Gasteiger partial charge in [-0.3, -0.25) is 10.1 Å². The largest absolute Gasteiger partial charge is 0.389 e. The van der Waals surface area contributed by atoms with Crippen LogP contribution in [0.1, 0.15) is 32.3 Å². The highest BCUT2D eigenvalue weighted by molar-refractivity contribution is 5.90. The van der Waals surface area contributed by atoms with Crippen molar-refractivity contribution in [2.75, 3.05) is 11.9 Å². The van der Waals surface area contributed by atoms with E-state index in [9.17, 15) is 20.0 Å². The predicted octanol–water partition coefficient (Wildman–Crippen LogP) is 2.67. The Kier molecular flexibility index (Phi) is 4.37. The number of hydrogen-bond acceptors (Lipinski definition) is 4. The molecular formula is C15H21N3O4. The number of non-ortho nitro benzene ring substituents is 1. The Morgan fingerprint density at radius 2 is 2.14 bits per heavy atom. The summed E-state index contributed by atoms with van der Waals surface area (Å²) in [6.07, 6.45) is 1.87. The van der Waals surface area contributed by atoms with Gasteiger partial charge in [0.05, 0.1) is 17.1 Å². The fourth-order valence-corrected chi connectivity index (χ4v) is 2.26. The second-order valence-corrected chi connectivity index (χ2v) is 6.36. The lowest BCUT2D eigenvalue weighted by Crippen LogP contribution is -2.45. The summed E-state index contributed by atoms with van der Waals surface area (Å²) < 4.78 is 0. The summed E-state index contributed by atoms with van der Waals surface area (Å²) in [6.45, 7) is 5.27. The quantitative estimate of drug-likeness (QED) is 0.645. The smallest absolute Gasteiger partial charge is 0.322 e. The van der Waals surface area contributed by atoms with Crippen LogP contribution in [-0.4, -0.2) is 39.1 Å². The lowest BCUT2D eigenvalue weighted by Gasteiger charge is -2.29. The minimum Gasteiger partial charge on any atom is -0.389 e. The van der Waals surface area contributed by atoms with E-state index in [-0.39, 0.29) is 24.3 Å². The van der Waals surface area contributed by atoms with Gasteiger partial charge in [0.1, 0.15) is 0 Å². The highest BCUT2D eigenvalue weighted by Crippen LogP contribution is 2.29. The third-order valence-corrected chi connectivity index (χ3v) is 3.47. The van der Waals surface area contributed by atoms with Crippen LogP contribution in [0.3, 0.4) is 0 Å². The van der Waals surface area contributed by atoms with Crippen LogP contribution in [0.5, 0.6) is 0 Å². The van der Waals surface area contributed by atoms with Crippen LogP contribution in [0.25, 0.3) is 0 Å². The molecule has 2 amide bonds. The molecule has 0 spiro atoms. The Morgan fingerprint density at radius 1 is 1.50 bits per heavy atom. The minimum absolute atomic E-state index is 0.00830. The number of nitro groups is 1. The molecule has 2 rings (SSSR count). The van der Waals surface area contributed by atoms with E-state index in [1.165, 1.54) is 18.2 Å². The monoisotopic (exact) mass is 307 g/mol. The second kappa shape index (κ2) is 5.92. The van der Waals surface area contributed by atoms with Crippen molar-refractivity contribution < 1.29 is 14.8 Å². The SMILES string of the molecule is Cc1cc([N+](=O)[O-])ccc1NC(=O)N(CC(C)(C)O)C1CC1. The van der Waals surface area contributed by atoms with Gasteiger partial charge in [0, 0.05) is 23.9 Å². The lowest BCUT2D eigenvalue weighted by atomic mass is 10.1. The van der Waals surface area contributed by atoms with Gasteiger partial charge in [-0.2, -0.15) is 0 Å². The van der Waals surface area contributed by atoms with Crippen LogP contribution in [0, 0.1) is 17.0 Å². The number of amides is 2. The zero-order chi connectivity index (χ0) is 16.5. The van der Waals surface area contributed by atoms with E-state index in [4.69, 9.17) is 0 Å². The molecular weight excluding hydrogens is 286 g/mol. The second-order valence-electron chi connectivity index (χ2n) is 6.36. The number of aryl methyl sites for hydroxylation is 1. The molecule has 0 aliphatic heterocycles. The van der Waals surface area contributed by atoms with Crippen molar-refractivity contribution in [3.63, 3.8) is 0 Å². The molecule has 1 aliphatic carbocycles. The van der Waals surface area contributed by atoms with E-state index < -0.39 is 10.5 Å². The maximum atomic E-state index is 12.4. The van der Waals surface area contributed by atoms with E-state index in [0.29, 0.717) is 11.3 Å². The van der Waals surface area contributed by atoms with Crippen LogP contribution >= 0.6 is 0 Å². The van der Waals surface area contributed by atoms with Gasteiger partial charge in [-0.15, -0.1) is 0 Å². The molecule has 0 bridgehead atoms. The maximum absolute atomic E-state index is 12.4. The van der Waals surface area contributed by atoms with Gasteiger partial charge >= 0.3 is 6.03 Å². The van der Waals surface area contributed by atoms with Gasteiger partial charge in [0.2, 0.25) is 0 Å². The van der Waals surface area contributed by atoms with E-state index in [0.717, 1.165) is 12.8 Å². The molecule has 1 aromatic carbocycles. The molecule has 1 aliphatic rings. The summed E-state index contributed by atoms with van der Waals surface area (Å²) in [6, 6.07) is 4.18. The summed E-state index contributed by atoms with van der Waals surface area (Å²) in [5.41, 5.74) is 0.189. The zero-order valence-electron chi connectivity index (χ0n) is 13.0. The van der Waals surface area contributed by atoms with E-state index in [2.05, 4.69) is 5.32 Å². The van der Waals surface area contributed by atoms with Gasteiger partial charge in [-0.05, 0) is 45.2 Å². The summed E-state index contributed by atoms with van der Waals surface area (Å²) in [7, 11) is 0. The first-order valence-electron chi connectivity index (χ1n) is 7.22. The highest BCUT2D eigenvalue weighted by Gasteiger charge is 2.35. The molecule has 0 saturated heterocycles. The summed E-state index contributed by atoms with van der Waals surface area (Å²) in [5.74, 6) is 0. The number of nitro benzene ring substituents is 1. The number of urea groups is 1. The standard InChI is InChI=1S/C15H21N3O4/c1-10-8-12(18(21)22)6-7-13(10)16-14(19)17(11-4-5-11)9-15(2,3)20/h6-8,11,20H,4-5,9H2,1-3H3,(H,16,19). The molecule has 7 heteroatoms. The van der Waals surface area contributed by atoms with Crippen molar-refractivity contribution in [2.24, 2.45) is 0 Å². The lowest BCUT2D eigenvalue weighted by molar-refractivity contribution is -0.384. The van der Waals surface area contributed by atoms with E-state index >= 15 is 0 Å². The van der Waals surface area contributed by atoms with Crippen LogP contribution < -0.4 is 5.32 Å². The number of carbonyl (C=O) groups excluding carboxylic acids is 1. The minimum atomic E-state index is -0.968. The van der Waals surface area contributed by atoms with Crippen LogP contribution in [0.4, 0.5) is 16.2 Å². The third kappa shape index (κ3) is 4.17. The fourth-order valence-electron chi connectivity index (χ4n) is 2.26. The number of hydrogen-bond donors (Lipinski definition) is 2. The molecule has 1 saturated carbocycles. The number of nitrogens with one attached hydrogen (secondary N) is 1. The average Bonchev–Trinajstić information content (AvgIpc) is 3.21. The molecule has 0 radical (unpaired) electrons. The summed E-state index contributed by atoms with van der Waals surface area (Å²) in [5, 5.41) is 23.4. The topological polar surface area (TPSA) is 95.7 Å². The molecule has 2 N–H and O–H groups in total. The van der Waals surface area contributed by atoms with Crippen LogP contribution in [-0.2, 0) is 0 Å². The van der Waals surface area contributed by atoms with Gasteiger partial charge in [-0.25, -0.2) is 4.79 Å². The maximum Gasteiger partial charge on any atom is 0.322 e. The number of nitrogens with zero attached hydrogens (tertiary/aromatic N) is 2. The normalized spacial score (nSPS) is 14.5. The Bertz CT molecular complexity index is 591. The van der Waals surface area contributed by atoms with Crippen LogP contribution in [0.2, 0.25) is 0 Å². The van der Waals surface area contributed by atoms with Crippen molar-refractivity contribution in [1.29, 1.82) is 0 Å². The summed E-state index contributed by atoms with van der Waals surface area (Å²) >= 11 is 0. The number of carbonyl (C=O) groups is 1. The molecule has 0 unspecified atom stereocenters. The van der Waals surface area contributed by atoms with Crippen molar-refractivity contribution >= 4 is 17.4 Å². The Hall–Kier alpha value is -2.15. The summed E-state index contributed by atoms with van der Waals surface area (Å²) in [4.78, 5) is 24.3. The zero-order valence-corrected chi connectivity index (χ0v) is 13.0. The Balaban J connectivity index is 2.11. The van der Waals surface area contributed by atoms with Crippen molar-refractivity contribution in [2.45, 2.75) is 45.3 Å². The Morgan fingerprint density at radius 3 is 2.59 bits per heavy atom. The van der Waals surface area contributed by atoms with Gasteiger partial charge in [0.25, 0.3) is 5.69 Å². The third-order valence-electron chi connectivity index (χ3n) is 3.47. The fraction of sp³-hybridized carbons (Fsp3) is 0.533. The first kappa shape index (κ1) is 16.2. The number of aliphatic hydroxyl groups is 1. The first-order valence-corrected chi connectivity index (χ1v) is 7.22. The Labute approximate surface area is 129 Å². The van der Waals surface area contributed by atoms with E-state index in [1.807, 2.05) is 0 Å².